The number of halogens is 5. The Morgan fingerprint density at radius 2 is 1.80 bits per heavy atom. The number of hydrogen-bond acceptors (Lipinski definition) is 3. The van der Waals surface area contributed by atoms with Crippen LogP contribution in [0.1, 0.15) is 34.5 Å². The number of rotatable bonds is 6. The van der Waals surface area contributed by atoms with Crippen molar-refractivity contribution in [3.8, 4) is 0 Å². The van der Waals surface area contributed by atoms with Crippen LogP contribution in [0.3, 0.4) is 0 Å². The highest BCUT2D eigenvalue weighted by Crippen LogP contribution is 2.32. The van der Waals surface area contributed by atoms with E-state index in [0.29, 0.717) is 17.2 Å². The monoisotopic (exact) mass is 373 g/mol. The molecule has 1 heterocycles. The van der Waals surface area contributed by atoms with Crippen molar-refractivity contribution in [2.45, 2.75) is 25.4 Å². The summed E-state index contributed by atoms with van der Waals surface area (Å²) in [6, 6.07) is 5.25. The zero-order chi connectivity index (χ0) is 18.6. The molecule has 1 aromatic carbocycles. The number of nitrogens with zero attached hydrogens (tertiary/aromatic N) is 1. The second-order valence-electron chi connectivity index (χ2n) is 5.31. The average Bonchev–Trinajstić information content (AvgIpc) is 2.53. The van der Waals surface area contributed by atoms with Gasteiger partial charge in [0.25, 0.3) is 0 Å². The molecule has 0 fully saturated rings. The molecule has 1 aromatic heterocycles. The van der Waals surface area contributed by atoms with Crippen LogP contribution in [-0.2, 0) is 17.4 Å². The van der Waals surface area contributed by atoms with Gasteiger partial charge in [-0.1, -0.05) is 17.7 Å². The summed E-state index contributed by atoms with van der Waals surface area (Å²) in [7, 11) is 0. The summed E-state index contributed by atoms with van der Waals surface area (Å²) in [6.07, 6.45) is -4.10. The van der Waals surface area contributed by atoms with Gasteiger partial charge in [-0.3, -0.25) is 14.6 Å². The van der Waals surface area contributed by atoms with Crippen molar-refractivity contribution >= 4 is 23.2 Å². The van der Waals surface area contributed by atoms with Crippen molar-refractivity contribution in [1.29, 1.82) is 0 Å². The Kier molecular flexibility index (Phi) is 5.89. The molecule has 3 nitrogen and oxygen atoms in total. The Morgan fingerprint density at radius 1 is 1.08 bits per heavy atom. The second kappa shape index (κ2) is 7.74. The van der Waals surface area contributed by atoms with Crippen molar-refractivity contribution in [2.75, 3.05) is 0 Å². The molecule has 0 N–H and O–H groups in total. The first-order chi connectivity index (χ1) is 11.7. The van der Waals surface area contributed by atoms with Crippen LogP contribution in [0, 0.1) is 5.82 Å². The number of benzene rings is 1. The van der Waals surface area contributed by atoms with E-state index < -0.39 is 29.1 Å². The van der Waals surface area contributed by atoms with E-state index in [0.717, 1.165) is 6.07 Å². The molecule has 0 radical (unpaired) electrons. The van der Waals surface area contributed by atoms with Crippen molar-refractivity contribution in [2.24, 2.45) is 0 Å². The average molecular weight is 374 g/mol. The third-order valence-corrected chi connectivity index (χ3v) is 3.61. The number of Topliss-reactive ketones (excluding diaryl/α,β-unsaturated/α-hetero) is 2. The highest BCUT2D eigenvalue weighted by molar-refractivity contribution is 6.30. The van der Waals surface area contributed by atoms with Crippen LogP contribution >= 0.6 is 11.6 Å². The molecule has 0 aliphatic heterocycles. The number of carbonyl (C=O) groups is 2. The quantitative estimate of drug-likeness (QED) is 0.546. The van der Waals surface area contributed by atoms with Crippen LogP contribution in [0.5, 0.6) is 0 Å². The molecule has 0 aliphatic carbocycles. The van der Waals surface area contributed by atoms with Crippen LogP contribution in [0.15, 0.2) is 36.5 Å². The Hall–Kier alpha value is -2.28. The SMILES string of the molecule is O=C(CCC(=O)c1cc(Cl)ccn1)Cc1ccc(F)c(C(F)(F)F)c1. The molecule has 0 amide bonds. The summed E-state index contributed by atoms with van der Waals surface area (Å²) in [5, 5.41) is 0.329. The minimum atomic E-state index is -4.84. The van der Waals surface area contributed by atoms with E-state index in [4.69, 9.17) is 11.6 Å². The first-order valence-electron chi connectivity index (χ1n) is 7.19. The molecular weight excluding hydrogens is 362 g/mol. The van der Waals surface area contributed by atoms with E-state index in [9.17, 15) is 27.2 Å². The molecule has 2 rings (SSSR count). The van der Waals surface area contributed by atoms with E-state index in [-0.39, 0.29) is 30.5 Å². The first-order valence-corrected chi connectivity index (χ1v) is 7.56. The van der Waals surface area contributed by atoms with Crippen LogP contribution < -0.4 is 0 Å². The fourth-order valence-corrected chi connectivity index (χ4v) is 2.31. The zero-order valence-corrected chi connectivity index (χ0v) is 13.5. The van der Waals surface area contributed by atoms with Gasteiger partial charge in [0, 0.05) is 30.5 Å². The Bertz CT molecular complexity index is 805. The number of carbonyl (C=O) groups excluding carboxylic acids is 2. The predicted molar refractivity (Wildman–Crippen MR) is 82.9 cm³/mol. The maximum absolute atomic E-state index is 13.2. The predicted octanol–water partition coefficient (Wildman–Crippen LogP) is 4.67. The molecule has 0 atom stereocenters. The van der Waals surface area contributed by atoms with Gasteiger partial charge in [0.05, 0.1) is 5.56 Å². The van der Waals surface area contributed by atoms with Gasteiger partial charge in [0.1, 0.15) is 17.3 Å². The van der Waals surface area contributed by atoms with E-state index in [1.807, 2.05) is 0 Å². The molecule has 0 spiro atoms. The van der Waals surface area contributed by atoms with E-state index in [1.54, 1.807) is 0 Å². The molecule has 2 aromatic rings. The Balaban J connectivity index is 1.98. The fourth-order valence-electron chi connectivity index (χ4n) is 2.15. The van der Waals surface area contributed by atoms with Gasteiger partial charge in [-0.05, 0) is 29.8 Å². The van der Waals surface area contributed by atoms with Crippen LogP contribution in [0.4, 0.5) is 17.6 Å². The standard InChI is InChI=1S/C17H12ClF4NO2/c18-11-5-6-23-15(9-11)16(25)4-2-12(24)7-10-1-3-14(19)13(8-10)17(20,21)22/h1,3,5-6,8-9H,2,4,7H2. The van der Waals surface area contributed by atoms with Gasteiger partial charge in [0.15, 0.2) is 5.78 Å². The number of alkyl halides is 3. The summed E-state index contributed by atoms with van der Waals surface area (Å²) < 4.78 is 51.2. The van der Waals surface area contributed by atoms with Crippen molar-refractivity contribution < 1.29 is 27.2 Å². The van der Waals surface area contributed by atoms with Crippen molar-refractivity contribution in [1.82, 2.24) is 4.98 Å². The lowest BCUT2D eigenvalue weighted by atomic mass is 10.0. The highest BCUT2D eigenvalue weighted by atomic mass is 35.5. The molecule has 132 valence electrons. The fraction of sp³-hybridized carbons (Fsp3) is 0.235. The van der Waals surface area contributed by atoms with Gasteiger partial charge in [0.2, 0.25) is 0 Å². The maximum atomic E-state index is 13.2. The Labute approximate surface area is 145 Å². The van der Waals surface area contributed by atoms with Crippen LogP contribution in [0.25, 0.3) is 0 Å². The van der Waals surface area contributed by atoms with Crippen LogP contribution in [-0.4, -0.2) is 16.6 Å². The zero-order valence-electron chi connectivity index (χ0n) is 12.7. The first kappa shape index (κ1) is 19.1. The minimum absolute atomic E-state index is 0.0343. The summed E-state index contributed by atoms with van der Waals surface area (Å²) >= 11 is 5.74. The maximum Gasteiger partial charge on any atom is 0.419 e. The number of hydrogen-bond donors (Lipinski definition) is 0. The molecule has 25 heavy (non-hydrogen) atoms. The third-order valence-electron chi connectivity index (χ3n) is 3.38. The highest BCUT2D eigenvalue weighted by Gasteiger charge is 2.34. The van der Waals surface area contributed by atoms with Gasteiger partial charge in [-0.15, -0.1) is 0 Å². The lowest BCUT2D eigenvalue weighted by molar-refractivity contribution is -0.140. The summed E-state index contributed by atoms with van der Waals surface area (Å²) in [4.78, 5) is 27.6. The summed E-state index contributed by atoms with van der Waals surface area (Å²) in [5.41, 5.74) is -1.27. The number of ketones is 2. The molecule has 0 unspecified atom stereocenters. The van der Waals surface area contributed by atoms with E-state index in [2.05, 4.69) is 4.98 Å². The summed E-state index contributed by atoms with van der Waals surface area (Å²) in [5.74, 6) is -2.23. The molecule has 0 bridgehead atoms. The molecular formula is C17H12ClF4NO2. The van der Waals surface area contributed by atoms with Gasteiger partial charge < -0.3 is 0 Å². The Morgan fingerprint density at radius 3 is 2.44 bits per heavy atom. The lowest BCUT2D eigenvalue weighted by Gasteiger charge is -2.09. The van der Waals surface area contributed by atoms with Gasteiger partial charge in [-0.25, -0.2) is 4.39 Å². The van der Waals surface area contributed by atoms with E-state index >= 15 is 0 Å². The third kappa shape index (κ3) is 5.35. The molecule has 0 saturated heterocycles. The van der Waals surface area contributed by atoms with E-state index in [1.165, 1.54) is 18.3 Å². The van der Waals surface area contributed by atoms with Gasteiger partial charge >= 0.3 is 6.18 Å². The number of aromatic nitrogens is 1. The molecule has 0 saturated carbocycles. The van der Waals surface area contributed by atoms with Crippen molar-refractivity contribution in [3.63, 3.8) is 0 Å². The van der Waals surface area contributed by atoms with Crippen LogP contribution in [0.2, 0.25) is 5.02 Å². The normalized spacial score (nSPS) is 11.4. The second-order valence-corrected chi connectivity index (χ2v) is 5.75. The topological polar surface area (TPSA) is 47.0 Å². The summed E-state index contributed by atoms with van der Waals surface area (Å²) in [6.45, 7) is 0. The minimum Gasteiger partial charge on any atom is -0.299 e. The number of pyridine rings is 1. The largest absolute Gasteiger partial charge is 0.419 e. The molecule has 8 heteroatoms. The van der Waals surface area contributed by atoms with Gasteiger partial charge in [-0.2, -0.15) is 13.2 Å². The molecule has 0 aliphatic rings. The smallest absolute Gasteiger partial charge is 0.299 e. The lowest BCUT2D eigenvalue weighted by Crippen LogP contribution is -2.11. The van der Waals surface area contributed by atoms with Crippen molar-refractivity contribution in [3.05, 3.63) is 64.2 Å².